The maximum Gasteiger partial charge on any atom is 0.157 e. The van der Waals surface area contributed by atoms with E-state index >= 15 is 0 Å². The first-order valence-corrected chi connectivity index (χ1v) is 13.4. The molecular weight excluding hydrogens is 394 g/mol. The molecule has 3 nitrogen and oxygen atoms in total. The Morgan fingerprint density at radius 3 is 2.24 bits per heavy atom. The van der Waals surface area contributed by atoms with E-state index < -0.39 is 8.07 Å². The summed E-state index contributed by atoms with van der Waals surface area (Å²) in [5.74, 6) is 3.42. The average Bonchev–Trinajstić information content (AvgIpc) is 3.11. The van der Waals surface area contributed by atoms with Crippen LogP contribution in [0.25, 0.3) is 28.0 Å². The number of aromatic nitrogens is 3. The lowest BCUT2D eigenvalue weighted by Crippen LogP contribution is -2.16. The van der Waals surface area contributed by atoms with Gasteiger partial charge in [0.1, 0.15) is 13.8 Å². The zero-order valence-corrected chi connectivity index (χ0v) is 18.7. The first-order chi connectivity index (χ1) is 13.8. The Balaban J connectivity index is 1.94. The van der Waals surface area contributed by atoms with E-state index in [4.69, 9.17) is 16.7 Å². The summed E-state index contributed by atoms with van der Waals surface area (Å²) in [5, 5.41) is 5.56. The quantitative estimate of drug-likeness (QED) is 0.286. The SMILES string of the molecule is Cc1ccc(-c2cc3ncc(-c4ccc(Cl)cc4)c(C#C[Si](C)(C)C)n3n2)cc1. The Kier molecular flexibility index (Phi) is 5.04. The minimum absolute atomic E-state index is 0.707. The number of rotatable bonds is 2. The zero-order valence-electron chi connectivity index (χ0n) is 17.0. The van der Waals surface area contributed by atoms with E-state index in [1.165, 1.54) is 5.56 Å². The van der Waals surface area contributed by atoms with Gasteiger partial charge in [0.25, 0.3) is 0 Å². The molecule has 0 saturated carbocycles. The second-order valence-electron chi connectivity index (χ2n) is 8.19. The summed E-state index contributed by atoms with van der Waals surface area (Å²) in [4.78, 5) is 4.66. The molecule has 0 aliphatic rings. The second kappa shape index (κ2) is 7.51. The van der Waals surface area contributed by atoms with Crippen LogP contribution in [0.5, 0.6) is 0 Å². The molecule has 0 amide bonds. The molecule has 0 radical (unpaired) electrons. The van der Waals surface area contributed by atoms with Crippen molar-refractivity contribution in [1.29, 1.82) is 0 Å². The van der Waals surface area contributed by atoms with Crippen molar-refractivity contribution >= 4 is 25.3 Å². The lowest BCUT2D eigenvalue weighted by molar-refractivity contribution is 0.930. The van der Waals surface area contributed by atoms with Crippen LogP contribution in [0.1, 0.15) is 11.3 Å². The highest BCUT2D eigenvalue weighted by Crippen LogP contribution is 2.27. The highest BCUT2D eigenvalue weighted by Gasteiger charge is 2.15. The first-order valence-electron chi connectivity index (χ1n) is 9.55. The fourth-order valence-electron chi connectivity index (χ4n) is 3.01. The van der Waals surface area contributed by atoms with E-state index in [1.807, 2.05) is 41.0 Å². The van der Waals surface area contributed by atoms with Crippen LogP contribution in [0.2, 0.25) is 24.7 Å². The topological polar surface area (TPSA) is 30.2 Å². The summed E-state index contributed by atoms with van der Waals surface area (Å²) < 4.78 is 1.87. The van der Waals surface area contributed by atoms with E-state index in [2.05, 4.69) is 67.3 Å². The van der Waals surface area contributed by atoms with Gasteiger partial charge in [0.15, 0.2) is 5.65 Å². The minimum Gasteiger partial charge on any atom is -0.236 e. The van der Waals surface area contributed by atoms with Crippen LogP contribution >= 0.6 is 11.6 Å². The standard InChI is InChI=1S/C24H22ClN3Si/c1-17-5-7-19(8-6-17)22-15-24-26-16-21(18-9-11-20(25)12-10-18)23(28(24)27-22)13-14-29(2,3)4/h5-12,15-16H,1-4H3. The Hall–Kier alpha value is -2.87. The van der Waals surface area contributed by atoms with Crippen molar-refractivity contribution < 1.29 is 0 Å². The largest absolute Gasteiger partial charge is 0.236 e. The number of hydrogen-bond acceptors (Lipinski definition) is 2. The fraction of sp³-hybridized carbons (Fsp3) is 0.167. The van der Waals surface area contributed by atoms with Gasteiger partial charge >= 0.3 is 0 Å². The number of halogens is 1. The molecule has 4 aromatic rings. The highest BCUT2D eigenvalue weighted by molar-refractivity contribution is 6.83. The Morgan fingerprint density at radius 2 is 1.59 bits per heavy atom. The van der Waals surface area contributed by atoms with Gasteiger partial charge in [-0.1, -0.05) is 79.1 Å². The van der Waals surface area contributed by atoms with Crippen molar-refractivity contribution in [2.75, 3.05) is 0 Å². The molecule has 0 spiro atoms. The number of hydrogen-bond donors (Lipinski definition) is 0. The molecule has 5 heteroatoms. The van der Waals surface area contributed by atoms with Gasteiger partial charge in [-0.05, 0) is 24.6 Å². The molecule has 2 aromatic heterocycles. The summed E-state index contributed by atoms with van der Waals surface area (Å²) >= 11 is 6.08. The van der Waals surface area contributed by atoms with Gasteiger partial charge in [-0.2, -0.15) is 5.10 Å². The van der Waals surface area contributed by atoms with Crippen LogP contribution in [0.4, 0.5) is 0 Å². The van der Waals surface area contributed by atoms with E-state index in [1.54, 1.807) is 0 Å². The Labute approximate surface area is 177 Å². The van der Waals surface area contributed by atoms with E-state index in [0.29, 0.717) is 5.02 Å². The van der Waals surface area contributed by atoms with Crippen LogP contribution < -0.4 is 0 Å². The highest BCUT2D eigenvalue weighted by atomic mass is 35.5. The third-order valence-electron chi connectivity index (χ3n) is 4.54. The molecule has 0 fully saturated rings. The Morgan fingerprint density at radius 1 is 0.931 bits per heavy atom. The van der Waals surface area contributed by atoms with E-state index in [0.717, 1.165) is 33.7 Å². The normalized spacial score (nSPS) is 11.3. The van der Waals surface area contributed by atoms with Crippen LogP contribution in [0.15, 0.2) is 60.8 Å². The molecule has 0 saturated heterocycles. The van der Waals surface area contributed by atoms with E-state index in [-0.39, 0.29) is 0 Å². The van der Waals surface area contributed by atoms with Crippen molar-refractivity contribution in [2.24, 2.45) is 0 Å². The molecule has 29 heavy (non-hydrogen) atoms. The number of nitrogens with zero attached hydrogens (tertiary/aromatic N) is 3. The molecule has 0 aliphatic carbocycles. The van der Waals surface area contributed by atoms with Crippen LogP contribution in [0, 0.1) is 18.4 Å². The van der Waals surface area contributed by atoms with Gasteiger partial charge < -0.3 is 0 Å². The van der Waals surface area contributed by atoms with Gasteiger partial charge in [0.2, 0.25) is 0 Å². The van der Waals surface area contributed by atoms with E-state index in [9.17, 15) is 0 Å². The Bertz CT molecular complexity index is 1240. The van der Waals surface area contributed by atoms with Gasteiger partial charge in [-0.25, -0.2) is 9.50 Å². The maximum atomic E-state index is 6.08. The van der Waals surface area contributed by atoms with Crippen LogP contribution in [0.3, 0.4) is 0 Å². The molecule has 144 valence electrons. The van der Waals surface area contributed by atoms with Gasteiger partial charge in [-0.3, -0.25) is 0 Å². The summed E-state index contributed by atoms with van der Waals surface area (Å²) in [5.41, 5.74) is 10.3. The molecule has 0 unspecified atom stereocenters. The van der Waals surface area contributed by atoms with Gasteiger partial charge in [0, 0.05) is 28.4 Å². The second-order valence-corrected chi connectivity index (χ2v) is 13.4. The molecule has 4 rings (SSSR count). The van der Waals surface area contributed by atoms with Crippen LogP contribution in [-0.2, 0) is 0 Å². The van der Waals surface area contributed by atoms with Crippen molar-refractivity contribution in [2.45, 2.75) is 26.6 Å². The lowest BCUT2D eigenvalue weighted by atomic mass is 10.1. The number of fused-ring (bicyclic) bond motifs is 1. The van der Waals surface area contributed by atoms with Crippen LogP contribution in [-0.4, -0.2) is 22.7 Å². The monoisotopic (exact) mass is 415 g/mol. The zero-order chi connectivity index (χ0) is 20.6. The third-order valence-corrected chi connectivity index (χ3v) is 5.67. The molecule has 0 N–H and O–H groups in total. The molecule has 0 bridgehead atoms. The number of benzene rings is 2. The first kappa shape index (κ1) is 19.4. The van der Waals surface area contributed by atoms with Crippen molar-refractivity contribution in [3.05, 3.63) is 77.1 Å². The van der Waals surface area contributed by atoms with Crippen molar-refractivity contribution in [3.63, 3.8) is 0 Å². The third kappa shape index (κ3) is 4.27. The van der Waals surface area contributed by atoms with Gasteiger partial charge in [0.05, 0.1) is 5.69 Å². The van der Waals surface area contributed by atoms with Gasteiger partial charge in [-0.15, -0.1) is 5.54 Å². The summed E-state index contributed by atoms with van der Waals surface area (Å²) in [6, 6.07) is 18.1. The maximum absolute atomic E-state index is 6.08. The molecule has 2 heterocycles. The minimum atomic E-state index is -1.57. The van der Waals surface area contributed by atoms with Crippen molar-refractivity contribution in [3.8, 4) is 33.8 Å². The smallest absolute Gasteiger partial charge is 0.157 e. The lowest BCUT2D eigenvalue weighted by Gasteiger charge is -2.08. The predicted molar refractivity (Wildman–Crippen MR) is 124 cm³/mol. The van der Waals surface area contributed by atoms with Crippen molar-refractivity contribution in [1.82, 2.24) is 14.6 Å². The number of aryl methyl sites for hydroxylation is 1. The molecule has 0 aliphatic heterocycles. The summed E-state index contributed by atoms with van der Waals surface area (Å²) in [6.07, 6.45) is 1.88. The summed E-state index contributed by atoms with van der Waals surface area (Å²) in [7, 11) is -1.57. The molecule has 2 aromatic carbocycles. The summed E-state index contributed by atoms with van der Waals surface area (Å²) in [6.45, 7) is 8.79. The average molecular weight is 416 g/mol. The fourth-order valence-corrected chi connectivity index (χ4v) is 3.63. The molecular formula is C24H22ClN3Si. The predicted octanol–water partition coefficient (Wildman–Crippen LogP) is 6.25. The molecule has 0 atom stereocenters.